The molecule has 0 bridgehead atoms. The first-order valence-corrected chi connectivity index (χ1v) is 4.33. The van der Waals surface area contributed by atoms with Gasteiger partial charge >= 0.3 is 5.97 Å². The zero-order valence-electron chi connectivity index (χ0n) is 6.74. The lowest BCUT2D eigenvalue weighted by molar-refractivity contribution is -0.135. The van der Waals surface area contributed by atoms with Gasteiger partial charge in [-0.1, -0.05) is 41.9 Å². The molecule has 2 nitrogen and oxygen atoms in total. The molecule has 1 aromatic rings. The molecule has 0 unspecified atom stereocenters. The summed E-state index contributed by atoms with van der Waals surface area (Å²) in [6.45, 7) is 0. The molecule has 0 amide bonds. The number of benzene rings is 1. The monoisotopic (exact) mass is 194 g/mol. The van der Waals surface area contributed by atoms with Crippen molar-refractivity contribution < 1.29 is 9.53 Å². The first-order valence-electron chi connectivity index (χ1n) is 3.89. The molecule has 0 spiro atoms. The number of carbonyl (C=O) groups is 1. The van der Waals surface area contributed by atoms with Gasteiger partial charge in [0.15, 0.2) is 5.56 Å². The highest BCUT2D eigenvalue weighted by Gasteiger charge is 2.24. The van der Waals surface area contributed by atoms with Crippen LogP contribution in [0.4, 0.5) is 0 Å². The van der Waals surface area contributed by atoms with Gasteiger partial charge in [0.25, 0.3) is 0 Å². The third-order valence-corrected chi connectivity index (χ3v) is 2.04. The Morgan fingerprint density at radius 1 is 1.23 bits per heavy atom. The van der Waals surface area contributed by atoms with E-state index in [1.807, 2.05) is 30.3 Å². The fourth-order valence-electron chi connectivity index (χ4n) is 1.23. The molecule has 0 radical (unpaired) electrons. The van der Waals surface area contributed by atoms with Crippen LogP contribution in [-0.2, 0) is 9.53 Å². The summed E-state index contributed by atoms with van der Waals surface area (Å²) in [7, 11) is 0. The van der Waals surface area contributed by atoms with Crippen LogP contribution < -0.4 is 0 Å². The fourth-order valence-corrected chi connectivity index (χ4v) is 1.44. The van der Waals surface area contributed by atoms with E-state index in [2.05, 4.69) is 0 Å². The molecule has 0 saturated carbocycles. The van der Waals surface area contributed by atoms with Crippen LogP contribution >= 0.6 is 11.6 Å². The number of cyclic esters (lactones) is 1. The van der Waals surface area contributed by atoms with E-state index < -0.39 is 5.56 Å². The molecule has 1 aliphatic heterocycles. The molecule has 3 heteroatoms. The van der Waals surface area contributed by atoms with Crippen molar-refractivity contribution in [3.8, 4) is 0 Å². The Labute approximate surface area is 80.8 Å². The zero-order chi connectivity index (χ0) is 9.26. The molecule has 1 aromatic carbocycles. The number of rotatable bonds is 1. The average Bonchev–Trinajstić information content (AvgIpc) is 2.47. The summed E-state index contributed by atoms with van der Waals surface area (Å²) < 4.78 is 4.76. The van der Waals surface area contributed by atoms with Crippen LogP contribution in [0.1, 0.15) is 5.56 Å². The Bertz CT molecular complexity index is 356. The number of alkyl halides is 1. The standard InChI is InChI=1S/C10H7ClO2/c11-9-6-8(10(12)13-9)7-4-2-1-3-5-7/h1-6,9H/t9-/m1/s1. The Balaban J connectivity index is 2.37. The Kier molecular flexibility index (Phi) is 2.07. The van der Waals surface area contributed by atoms with Crippen molar-refractivity contribution in [2.24, 2.45) is 0 Å². The third kappa shape index (κ3) is 1.58. The highest BCUT2D eigenvalue weighted by Crippen LogP contribution is 2.24. The molecule has 2 rings (SSSR count). The predicted octanol–water partition coefficient (Wildman–Crippen LogP) is 2.19. The minimum atomic E-state index is -0.622. The highest BCUT2D eigenvalue weighted by molar-refractivity contribution is 6.28. The number of halogens is 1. The quantitative estimate of drug-likeness (QED) is 0.506. The lowest BCUT2D eigenvalue weighted by atomic mass is 10.1. The smallest absolute Gasteiger partial charge is 0.340 e. The lowest BCUT2D eigenvalue weighted by Gasteiger charge is -1.98. The molecule has 1 aliphatic rings. The van der Waals surface area contributed by atoms with Gasteiger partial charge in [0.2, 0.25) is 0 Å². The summed E-state index contributed by atoms with van der Waals surface area (Å²) in [6, 6.07) is 9.32. The molecule has 0 aliphatic carbocycles. The maximum atomic E-state index is 11.2. The first kappa shape index (κ1) is 8.32. The van der Waals surface area contributed by atoms with E-state index >= 15 is 0 Å². The van der Waals surface area contributed by atoms with Gasteiger partial charge in [-0.15, -0.1) is 0 Å². The number of esters is 1. The van der Waals surface area contributed by atoms with E-state index in [1.165, 1.54) is 0 Å². The van der Waals surface area contributed by atoms with Crippen LogP contribution in [0.3, 0.4) is 0 Å². The minimum Gasteiger partial charge on any atom is -0.438 e. The second kappa shape index (κ2) is 3.23. The van der Waals surface area contributed by atoms with Crippen molar-refractivity contribution in [2.45, 2.75) is 5.56 Å². The molecule has 0 fully saturated rings. The van der Waals surface area contributed by atoms with Crippen molar-refractivity contribution in [2.75, 3.05) is 0 Å². The summed E-state index contributed by atoms with van der Waals surface area (Å²) in [5.41, 5.74) is 0.763. The van der Waals surface area contributed by atoms with Crippen molar-refractivity contribution in [3.05, 3.63) is 42.0 Å². The summed E-state index contributed by atoms with van der Waals surface area (Å²) in [5.74, 6) is -0.355. The normalized spacial score (nSPS) is 21.2. The van der Waals surface area contributed by atoms with Crippen LogP contribution in [0.25, 0.3) is 5.57 Å². The molecule has 0 aromatic heterocycles. The van der Waals surface area contributed by atoms with Crippen LogP contribution in [0, 0.1) is 0 Å². The molecule has 66 valence electrons. The molecule has 0 saturated heterocycles. The average molecular weight is 195 g/mol. The highest BCUT2D eigenvalue weighted by atomic mass is 35.5. The molecule has 13 heavy (non-hydrogen) atoms. The van der Waals surface area contributed by atoms with Gasteiger partial charge in [-0.05, 0) is 11.6 Å². The van der Waals surface area contributed by atoms with Crippen molar-refractivity contribution in [1.82, 2.24) is 0 Å². The van der Waals surface area contributed by atoms with E-state index in [1.54, 1.807) is 6.08 Å². The summed E-state index contributed by atoms with van der Waals surface area (Å²) in [5, 5.41) is 0. The maximum absolute atomic E-state index is 11.2. The minimum absolute atomic E-state index is 0.355. The van der Waals surface area contributed by atoms with Crippen LogP contribution in [0.5, 0.6) is 0 Å². The van der Waals surface area contributed by atoms with Gasteiger partial charge in [0.1, 0.15) is 0 Å². The van der Waals surface area contributed by atoms with E-state index in [-0.39, 0.29) is 5.97 Å². The van der Waals surface area contributed by atoms with E-state index in [0.717, 1.165) is 5.56 Å². The summed E-state index contributed by atoms with van der Waals surface area (Å²) >= 11 is 5.63. The van der Waals surface area contributed by atoms with Gasteiger partial charge in [-0.2, -0.15) is 0 Å². The van der Waals surface area contributed by atoms with E-state index in [4.69, 9.17) is 16.3 Å². The Hall–Kier alpha value is -1.28. The SMILES string of the molecule is O=C1O[C@@H](Cl)C=C1c1ccccc1. The van der Waals surface area contributed by atoms with Gasteiger partial charge < -0.3 is 4.74 Å². The number of ether oxygens (including phenoxy) is 1. The molecule has 1 atom stereocenters. The number of hydrogen-bond acceptors (Lipinski definition) is 2. The summed E-state index contributed by atoms with van der Waals surface area (Å²) in [6.07, 6.45) is 1.61. The molecular formula is C10H7ClO2. The van der Waals surface area contributed by atoms with Crippen molar-refractivity contribution in [1.29, 1.82) is 0 Å². The van der Waals surface area contributed by atoms with Crippen LogP contribution in [-0.4, -0.2) is 11.5 Å². The van der Waals surface area contributed by atoms with E-state index in [9.17, 15) is 4.79 Å². The number of carbonyl (C=O) groups excluding carboxylic acids is 1. The largest absolute Gasteiger partial charge is 0.438 e. The molecular weight excluding hydrogens is 188 g/mol. The molecule has 1 heterocycles. The van der Waals surface area contributed by atoms with Crippen molar-refractivity contribution in [3.63, 3.8) is 0 Å². The number of hydrogen-bond donors (Lipinski definition) is 0. The first-order chi connectivity index (χ1) is 6.27. The second-order valence-electron chi connectivity index (χ2n) is 2.70. The van der Waals surface area contributed by atoms with Crippen molar-refractivity contribution >= 4 is 23.1 Å². The van der Waals surface area contributed by atoms with Crippen LogP contribution in [0.2, 0.25) is 0 Å². The second-order valence-corrected chi connectivity index (χ2v) is 3.13. The zero-order valence-corrected chi connectivity index (χ0v) is 7.49. The van der Waals surface area contributed by atoms with Gasteiger partial charge in [0.05, 0.1) is 5.57 Å². The van der Waals surface area contributed by atoms with Crippen LogP contribution in [0.15, 0.2) is 36.4 Å². The van der Waals surface area contributed by atoms with Gasteiger partial charge in [-0.3, -0.25) is 0 Å². The Morgan fingerprint density at radius 2 is 1.92 bits per heavy atom. The maximum Gasteiger partial charge on any atom is 0.340 e. The lowest BCUT2D eigenvalue weighted by Crippen LogP contribution is -2.01. The molecule has 0 N–H and O–H groups in total. The third-order valence-electron chi connectivity index (χ3n) is 1.82. The topological polar surface area (TPSA) is 26.3 Å². The van der Waals surface area contributed by atoms with Gasteiger partial charge in [-0.25, -0.2) is 4.79 Å². The predicted molar refractivity (Wildman–Crippen MR) is 50.2 cm³/mol. The Morgan fingerprint density at radius 3 is 2.46 bits per heavy atom. The van der Waals surface area contributed by atoms with Gasteiger partial charge in [0, 0.05) is 0 Å². The summed E-state index contributed by atoms with van der Waals surface area (Å²) in [4.78, 5) is 11.2. The fraction of sp³-hybridized carbons (Fsp3) is 0.100. The van der Waals surface area contributed by atoms with E-state index in [0.29, 0.717) is 5.57 Å².